The minimum atomic E-state index is -4.13. The lowest BCUT2D eigenvalue weighted by Gasteiger charge is -2.08. The minimum Gasteiger partial charge on any atom is -0.276 e. The lowest BCUT2D eigenvalue weighted by atomic mass is 10.2. The van der Waals surface area contributed by atoms with Crippen molar-refractivity contribution in [3.63, 3.8) is 0 Å². The van der Waals surface area contributed by atoms with E-state index in [0.29, 0.717) is 5.56 Å². The number of rotatable bonds is 5. The Morgan fingerprint density at radius 1 is 0.913 bits per heavy atom. The molecule has 0 amide bonds. The number of hydrogen-bond acceptors (Lipinski definition) is 5. The van der Waals surface area contributed by atoms with Crippen LogP contribution in [0.5, 0.6) is 0 Å². The quantitative estimate of drug-likeness (QED) is 0.753. The molecule has 0 spiro atoms. The maximum Gasteiger partial charge on any atom is 0.252 e. The maximum absolute atomic E-state index is 12.3. The van der Waals surface area contributed by atoms with E-state index in [2.05, 4.69) is 0 Å². The third-order valence-electron chi connectivity index (χ3n) is 3.08. The second kappa shape index (κ2) is 6.43. The average Bonchev–Trinajstić information content (AvgIpc) is 2.46. The van der Waals surface area contributed by atoms with E-state index in [-0.39, 0.29) is 15.4 Å². The largest absolute Gasteiger partial charge is 0.276 e. The van der Waals surface area contributed by atoms with E-state index in [0.717, 1.165) is 6.07 Å². The fourth-order valence-electron chi connectivity index (χ4n) is 1.96. The Morgan fingerprint density at radius 3 is 1.96 bits per heavy atom. The molecular weight excluding hydrogens is 360 g/mol. The van der Waals surface area contributed by atoms with Gasteiger partial charge in [-0.2, -0.15) is 0 Å². The topological polar surface area (TPSA) is 85.3 Å². The van der Waals surface area contributed by atoms with Crippen LogP contribution in [0.15, 0.2) is 58.3 Å². The van der Waals surface area contributed by atoms with Gasteiger partial charge in [0.2, 0.25) is 0 Å². The summed E-state index contributed by atoms with van der Waals surface area (Å²) >= 11 is 5.32. The van der Waals surface area contributed by atoms with E-state index in [1.807, 2.05) is 0 Å². The van der Waals surface area contributed by atoms with Gasteiger partial charge in [0, 0.05) is 5.56 Å². The van der Waals surface area contributed by atoms with E-state index < -0.39 is 30.0 Å². The van der Waals surface area contributed by atoms with Crippen molar-refractivity contribution in [3.8, 4) is 0 Å². The first-order valence-electron chi connectivity index (χ1n) is 6.44. The van der Waals surface area contributed by atoms with E-state index in [1.54, 1.807) is 19.1 Å². The summed E-state index contributed by atoms with van der Waals surface area (Å²) in [5.74, 6) is 0. The molecule has 2 rings (SSSR count). The Bertz CT molecular complexity index is 963. The highest BCUT2D eigenvalue weighted by atomic mass is 35.5. The van der Waals surface area contributed by atoms with Crippen molar-refractivity contribution >= 4 is 36.5 Å². The van der Waals surface area contributed by atoms with Gasteiger partial charge < -0.3 is 0 Å². The highest BCUT2D eigenvalue weighted by molar-refractivity contribution is 8.08. The number of benzene rings is 2. The molecule has 0 aliphatic carbocycles. The Labute approximate surface area is 139 Å². The van der Waals surface area contributed by atoms with Gasteiger partial charge in [-0.15, -0.1) is 0 Å². The zero-order valence-corrected chi connectivity index (χ0v) is 14.5. The summed E-state index contributed by atoms with van der Waals surface area (Å²) in [5.41, 5.74) is 0.693. The summed E-state index contributed by atoms with van der Waals surface area (Å²) in [6.45, 7) is 1.71. The molecule has 0 aliphatic heterocycles. The van der Waals surface area contributed by atoms with Crippen LogP contribution < -0.4 is 0 Å². The zero-order chi connectivity index (χ0) is 17.3. The molecule has 0 atom stereocenters. The van der Waals surface area contributed by atoms with Crippen LogP contribution in [0.1, 0.15) is 15.9 Å². The molecule has 23 heavy (non-hydrogen) atoms. The number of carbonyl (C=O) groups excluding carboxylic acids is 1. The molecular formula is C15H13ClO5S2. The van der Waals surface area contributed by atoms with Crippen LogP contribution in [0, 0.1) is 6.92 Å². The van der Waals surface area contributed by atoms with Gasteiger partial charge in [-0.3, -0.25) is 4.79 Å². The van der Waals surface area contributed by atoms with E-state index >= 15 is 0 Å². The van der Waals surface area contributed by atoms with Crippen molar-refractivity contribution in [3.05, 3.63) is 59.7 Å². The van der Waals surface area contributed by atoms with E-state index in [1.165, 1.54) is 30.3 Å². The molecule has 5 nitrogen and oxygen atoms in total. The molecule has 0 fully saturated rings. The van der Waals surface area contributed by atoms with Crippen LogP contribution in [0.2, 0.25) is 0 Å². The van der Waals surface area contributed by atoms with Crippen molar-refractivity contribution in [2.75, 3.05) is 5.08 Å². The van der Waals surface area contributed by atoms with Gasteiger partial charge in [0.15, 0.2) is 24.8 Å². The molecule has 2 aromatic rings. The Balaban J connectivity index is 2.42. The summed E-state index contributed by atoms with van der Waals surface area (Å²) in [6, 6.07) is 11.0. The molecule has 0 bridgehead atoms. The van der Waals surface area contributed by atoms with Crippen LogP contribution in [-0.4, -0.2) is 27.2 Å². The number of carbonyl (C=O) groups is 1. The Hall–Kier alpha value is -1.70. The highest BCUT2D eigenvalue weighted by Gasteiger charge is 2.26. The summed E-state index contributed by atoms with van der Waals surface area (Å²) in [5, 5.41) is -1.90. The number of halogens is 1. The second-order valence-corrected chi connectivity index (χ2v) is 9.65. The maximum atomic E-state index is 12.3. The Kier molecular flexibility index (Phi) is 4.93. The van der Waals surface area contributed by atoms with Crippen LogP contribution in [0.4, 0.5) is 0 Å². The van der Waals surface area contributed by atoms with E-state index in [4.69, 9.17) is 11.6 Å². The van der Waals surface area contributed by atoms with Gasteiger partial charge in [0.25, 0.3) is 5.24 Å². The number of sulfone groups is 2. The van der Waals surface area contributed by atoms with Gasteiger partial charge in [-0.25, -0.2) is 16.8 Å². The second-order valence-electron chi connectivity index (χ2n) is 4.97. The molecule has 0 radical (unpaired) electrons. The van der Waals surface area contributed by atoms with Gasteiger partial charge in [-0.1, -0.05) is 24.3 Å². The van der Waals surface area contributed by atoms with Crippen molar-refractivity contribution in [2.24, 2.45) is 0 Å². The molecule has 122 valence electrons. The van der Waals surface area contributed by atoms with Crippen LogP contribution in [-0.2, 0) is 19.7 Å². The van der Waals surface area contributed by atoms with Gasteiger partial charge in [0.1, 0.15) is 0 Å². The predicted molar refractivity (Wildman–Crippen MR) is 87.0 cm³/mol. The standard InChI is InChI=1S/C15H13ClO5S2/c1-11-4-2-6-13(8-11)22(18,19)10-23(20,21)14-7-3-5-12(9-14)15(16)17/h2-9H,10H2,1H3. The fraction of sp³-hybridized carbons (Fsp3) is 0.133. The zero-order valence-electron chi connectivity index (χ0n) is 12.1. The summed E-state index contributed by atoms with van der Waals surface area (Å²) in [6.07, 6.45) is 0. The van der Waals surface area contributed by atoms with E-state index in [9.17, 15) is 21.6 Å². The van der Waals surface area contributed by atoms with Crippen LogP contribution >= 0.6 is 11.6 Å². The van der Waals surface area contributed by atoms with Gasteiger partial charge >= 0.3 is 0 Å². The number of aryl methyl sites for hydroxylation is 1. The summed E-state index contributed by atoms with van der Waals surface area (Å²) in [4.78, 5) is 10.8. The lowest BCUT2D eigenvalue weighted by molar-refractivity contribution is 0.108. The highest BCUT2D eigenvalue weighted by Crippen LogP contribution is 2.20. The lowest BCUT2D eigenvalue weighted by Crippen LogP contribution is -2.17. The average molecular weight is 373 g/mol. The molecule has 0 aromatic heterocycles. The first kappa shape index (κ1) is 17.7. The smallest absolute Gasteiger partial charge is 0.252 e. The Morgan fingerprint density at radius 2 is 1.43 bits per heavy atom. The van der Waals surface area contributed by atoms with Crippen LogP contribution in [0.3, 0.4) is 0 Å². The molecule has 0 aliphatic rings. The first-order valence-corrected chi connectivity index (χ1v) is 10.1. The first-order chi connectivity index (χ1) is 10.6. The van der Waals surface area contributed by atoms with Crippen LogP contribution in [0.25, 0.3) is 0 Å². The van der Waals surface area contributed by atoms with Crippen molar-refractivity contribution in [2.45, 2.75) is 16.7 Å². The van der Waals surface area contributed by atoms with Gasteiger partial charge in [0.05, 0.1) is 9.79 Å². The van der Waals surface area contributed by atoms with Crippen molar-refractivity contribution in [1.82, 2.24) is 0 Å². The van der Waals surface area contributed by atoms with Crippen molar-refractivity contribution < 1.29 is 21.6 Å². The van der Waals surface area contributed by atoms with Gasteiger partial charge in [-0.05, 0) is 48.4 Å². The molecule has 0 saturated heterocycles. The molecule has 2 aromatic carbocycles. The SMILES string of the molecule is Cc1cccc(S(=O)(=O)CS(=O)(=O)c2cccc(C(=O)Cl)c2)c1. The van der Waals surface area contributed by atoms with Crippen molar-refractivity contribution in [1.29, 1.82) is 0 Å². The molecule has 0 N–H and O–H groups in total. The summed E-state index contributed by atoms with van der Waals surface area (Å²) < 4.78 is 49.3. The normalized spacial score (nSPS) is 12.1. The molecule has 8 heteroatoms. The molecule has 0 unspecified atom stereocenters. The minimum absolute atomic E-state index is 0.0132. The molecule has 0 heterocycles. The fourth-order valence-corrected chi connectivity index (χ4v) is 6.04. The predicted octanol–water partition coefficient (Wildman–Crippen LogP) is 2.58. The number of hydrogen-bond donors (Lipinski definition) is 0. The third kappa shape index (κ3) is 4.19. The monoisotopic (exact) mass is 372 g/mol. The summed E-state index contributed by atoms with van der Waals surface area (Å²) in [7, 11) is -8.16. The third-order valence-corrected chi connectivity index (χ3v) is 7.72. The molecule has 0 saturated carbocycles.